The summed E-state index contributed by atoms with van der Waals surface area (Å²) in [6, 6.07) is 8.62. The number of hydrogen-bond acceptors (Lipinski definition) is 3. The van der Waals surface area contributed by atoms with Gasteiger partial charge in [0.05, 0.1) is 17.8 Å². The number of nitrogens with zero attached hydrogens (tertiary/aromatic N) is 1. The third-order valence-electron chi connectivity index (χ3n) is 2.50. The van der Waals surface area contributed by atoms with Crippen molar-refractivity contribution in [1.29, 1.82) is 0 Å². The largest absolute Gasteiger partial charge is 0.478 e. The quantitative estimate of drug-likeness (QED) is 0.785. The molecule has 0 atom stereocenters. The molecule has 2 rings (SSSR count). The lowest BCUT2D eigenvalue weighted by Gasteiger charge is -2.10. The maximum absolute atomic E-state index is 11.1. The van der Waals surface area contributed by atoms with Gasteiger partial charge in [0.15, 0.2) is 0 Å². The van der Waals surface area contributed by atoms with Crippen LogP contribution in [0.25, 0.3) is 0 Å². The number of rotatable bonds is 4. The van der Waals surface area contributed by atoms with Gasteiger partial charge >= 0.3 is 5.97 Å². The fourth-order valence-corrected chi connectivity index (χ4v) is 2.65. The second-order valence-corrected chi connectivity index (χ2v) is 5.38. The summed E-state index contributed by atoms with van der Waals surface area (Å²) in [7, 11) is 0. The lowest BCUT2D eigenvalue weighted by molar-refractivity contribution is 0.0695. The fraction of sp³-hybridized carbons (Fsp3) is 0.0769. The molecule has 0 fully saturated rings. The summed E-state index contributed by atoms with van der Waals surface area (Å²) >= 11 is 8.05. The fourth-order valence-electron chi connectivity index (χ4n) is 1.59. The monoisotopic (exact) mass is 388 g/mol. The molecule has 98 valence electrons. The van der Waals surface area contributed by atoms with Crippen LogP contribution in [0.1, 0.15) is 16.1 Å². The number of carbonyl (C=O) groups is 1. The van der Waals surface area contributed by atoms with Crippen LogP contribution in [0.5, 0.6) is 0 Å². The zero-order chi connectivity index (χ0) is 13.8. The summed E-state index contributed by atoms with van der Waals surface area (Å²) in [5.41, 5.74) is 1.60. The number of anilines is 1. The number of aromatic nitrogens is 1. The molecular formula is C13H10ClIN2O2. The van der Waals surface area contributed by atoms with Crippen molar-refractivity contribution in [3.05, 3.63) is 56.4 Å². The van der Waals surface area contributed by atoms with Gasteiger partial charge in [0.1, 0.15) is 0 Å². The number of carboxylic acids is 1. The number of hydrogen-bond donors (Lipinski definition) is 2. The van der Waals surface area contributed by atoms with Gasteiger partial charge in [-0.1, -0.05) is 11.6 Å². The molecule has 2 aromatic rings. The molecule has 2 N–H and O–H groups in total. The molecule has 0 aliphatic heterocycles. The predicted octanol–water partition coefficient (Wildman–Crippen LogP) is 3.65. The van der Waals surface area contributed by atoms with E-state index in [1.807, 2.05) is 12.1 Å². The van der Waals surface area contributed by atoms with Gasteiger partial charge in [0.25, 0.3) is 0 Å². The number of halogens is 2. The molecule has 6 heteroatoms. The molecule has 19 heavy (non-hydrogen) atoms. The second kappa shape index (κ2) is 6.21. The van der Waals surface area contributed by atoms with E-state index < -0.39 is 5.97 Å². The third-order valence-corrected chi connectivity index (χ3v) is 3.63. The lowest BCUT2D eigenvalue weighted by atomic mass is 10.2. The number of aromatic carboxylic acids is 1. The average molecular weight is 389 g/mol. The Bertz CT molecular complexity index is 619. The van der Waals surface area contributed by atoms with Crippen molar-refractivity contribution in [1.82, 2.24) is 4.98 Å². The topological polar surface area (TPSA) is 62.2 Å². The zero-order valence-corrected chi connectivity index (χ0v) is 12.6. The van der Waals surface area contributed by atoms with Crippen LogP contribution in [0, 0.1) is 3.57 Å². The smallest absolute Gasteiger partial charge is 0.337 e. The van der Waals surface area contributed by atoms with Gasteiger partial charge in [-0.15, -0.1) is 0 Å². The molecule has 0 bridgehead atoms. The Morgan fingerprint density at radius 2 is 2.21 bits per heavy atom. The van der Waals surface area contributed by atoms with E-state index in [-0.39, 0.29) is 5.56 Å². The van der Waals surface area contributed by atoms with E-state index in [9.17, 15) is 4.79 Å². The predicted molar refractivity (Wildman–Crippen MR) is 82.7 cm³/mol. The van der Waals surface area contributed by atoms with Crippen LogP contribution in [0.3, 0.4) is 0 Å². The molecular weight excluding hydrogens is 379 g/mol. The third kappa shape index (κ3) is 3.57. The maximum atomic E-state index is 11.1. The summed E-state index contributed by atoms with van der Waals surface area (Å²) in [4.78, 5) is 15.1. The van der Waals surface area contributed by atoms with Crippen LogP contribution < -0.4 is 5.32 Å². The molecule has 0 aliphatic carbocycles. The first-order valence-corrected chi connectivity index (χ1v) is 6.89. The average Bonchev–Trinajstić information content (AvgIpc) is 2.38. The molecule has 0 radical (unpaired) electrons. The molecule has 1 heterocycles. The van der Waals surface area contributed by atoms with Crippen molar-refractivity contribution in [2.45, 2.75) is 6.54 Å². The highest BCUT2D eigenvalue weighted by Gasteiger charge is 2.10. The number of benzene rings is 1. The van der Waals surface area contributed by atoms with Gasteiger partial charge in [-0.05, 0) is 52.9 Å². The van der Waals surface area contributed by atoms with E-state index in [0.717, 1.165) is 9.26 Å². The van der Waals surface area contributed by atoms with Crippen molar-refractivity contribution in [2.75, 3.05) is 5.32 Å². The molecule has 1 aromatic carbocycles. The first-order valence-electron chi connectivity index (χ1n) is 5.44. The van der Waals surface area contributed by atoms with E-state index in [4.69, 9.17) is 16.7 Å². The van der Waals surface area contributed by atoms with Crippen LogP contribution in [0.15, 0.2) is 36.5 Å². The number of pyridine rings is 1. The van der Waals surface area contributed by atoms with Crippen LogP contribution in [0.2, 0.25) is 5.02 Å². The van der Waals surface area contributed by atoms with Crippen molar-refractivity contribution in [2.24, 2.45) is 0 Å². The number of carboxylic acid groups (broad SMARTS) is 1. The summed E-state index contributed by atoms with van der Waals surface area (Å²) in [5.74, 6) is -0.976. The molecule has 0 aliphatic rings. The van der Waals surface area contributed by atoms with E-state index in [1.165, 1.54) is 0 Å². The van der Waals surface area contributed by atoms with Gasteiger partial charge in [0, 0.05) is 20.5 Å². The maximum Gasteiger partial charge on any atom is 0.337 e. The summed E-state index contributed by atoms with van der Waals surface area (Å²) in [5, 5.41) is 12.9. The summed E-state index contributed by atoms with van der Waals surface area (Å²) < 4.78 is 0.970. The Morgan fingerprint density at radius 3 is 2.89 bits per heavy atom. The number of nitrogens with one attached hydrogen (secondary N) is 1. The van der Waals surface area contributed by atoms with Gasteiger partial charge in [-0.3, -0.25) is 4.98 Å². The molecule has 0 saturated carbocycles. The van der Waals surface area contributed by atoms with Crippen molar-refractivity contribution >= 4 is 45.8 Å². The van der Waals surface area contributed by atoms with Gasteiger partial charge in [-0.2, -0.15) is 0 Å². The minimum Gasteiger partial charge on any atom is -0.478 e. The van der Waals surface area contributed by atoms with Crippen LogP contribution >= 0.6 is 34.2 Å². The highest BCUT2D eigenvalue weighted by atomic mass is 127. The van der Waals surface area contributed by atoms with Crippen molar-refractivity contribution in [3.8, 4) is 0 Å². The summed E-state index contributed by atoms with van der Waals surface area (Å²) in [6.07, 6.45) is 1.58. The van der Waals surface area contributed by atoms with Crippen LogP contribution in [0.4, 0.5) is 5.69 Å². The lowest BCUT2D eigenvalue weighted by Crippen LogP contribution is -2.09. The minimum atomic E-state index is -0.976. The van der Waals surface area contributed by atoms with Crippen molar-refractivity contribution in [3.63, 3.8) is 0 Å². The van der Waals surface area contributed by atoms with E-state index >= 15 is 0 Å². The van der Waals surface area contributed by atoms with Crippen molar-refractivity contribution < 1.29 is 9.90 Å². The van der Waals surface area contributed by atoms with E-state index in [0.29, 0.717) is 17.3 Å². The summed E-state index contributed by atoms with van der Waals surface area (Å²) in [6.45, 7) is 0.347. The molecule has 4 nitrogen and oxygen atoms in total. The van der Waals surface area contributed by atoms with Crippen LogP contribution in [-0.4, -0.2) is 16.1 Å². The zero-order valence-electron chi connectivity index (χ0n) is 9.73. The molecule has 0 spiro atoms. The Kier molecular flexibility index (Phi) is 4.60. The molecule has 0 amide bonds. The normalized spacial score (nSPS) is 10.2. The Morgan fingerprint density at radius 1 is 1.42 bits per heavy atom. The highest BCUT2D eigenvalue weighted by molar-refractivity contribution is 14.1. The standard InChI is InChI=1S/C13H10ClIN2O2/c14-8-3-4-11(10(15)6-8)17-7-12-9(13(18)19)2-1-5-16-12/h1-6,17H,7H2,(H,18,19). The SMILES string of the molecule is O=C(O)c1cccnc1CNc1ccc(Cl)cc1I. The molecule has 0 unspecified atom stereocenters. The Labute approximate surface area is 129 Å². The van der Waals surface area contributed by atoms with Gasteiger partial charge in [-0.25, -0.2) is 4.79 Å². The highest BCUT2D eigenvalue weighted by Crippen LogP contribution is 2.22. The molecule has 1 aromatic heterocycles. The first-order chi connectivity index (χ1) is 9.08. The molecule has 0 saturated heterocycles. The second-order valence-electron chi connectivity index (χ2n) is 3.78. The van der Waals surface area contributed by atoms with E-state index in [1.54, 1.807) is 24.4 Å². The van der Waals surface area contributed by atoms with Gasteiger partial charge < -0.3 is 10.4 Å². The first kappa shape index (κ1) is 14.1. The van der Waals surface area contributed by atoms with Gasteiger partial charge in [0.2, 0.25) is 0 Å². The minimum absolute atomic E-state index is 0.207. The Hall–Kier alpha value is -1.34. The van der Waals surface area contributed by atoms with E-state index in [2.05, 4.69) is 32.9 Å². The van der Waals surface area contributed by atoms with Crippen LogP contribution in [-0.2, 0) is 6.54 Å². The Balaban J connectivity index is 2.17.